The van der Waals surface area contributed by atoms with Crippen LogP contribution in [-0.4, -0.2) is 16.3 Å². The highest BCUT2D eigenvalue weighted by molar-refractivity contribution is 14.1. The van der Waals surface area contributed by atoms with Gasteiger partial charge in [-0.1, -0.05) is 19.1 Å². The molecule has 4 heteroatoms. The monoisotopic (exact) mass is 355 g/mol. The van der Waals surface area contributed by atoms with E-state index in [4.69, 9.17) is 0 Å². The van der Waals surface area contributed by atoms with Crippen LogP contribution in [0.4, 0.5) is 0 Å². The summed E-state index contributed by atoms with van der Waals surface area (Å²) in [5, 5.41) is 7.99. The molecule has 0 aliphatic carbocycles. The minimum absolute atomic E-state index is 0.288. The second-order valence-corrected chi connectivity index (χ2v) is 5.60. The number of hydrogen-bond donors (Lipinski definition) is 1. The molecule has 96 valence electrons. The number of likely N-dealkylation sites (N-methyl/N-ethyl adjacent to an activating group) is 1. The van der Waals surface area contributed by atoms with Gasteiger partial charge >= 0.3 is 0 Å². The standard InChI is InChI=1S/C14H18IN3/c1-3-16-14(13-8-9-18(2)17-13)10-11-4-6-12(15)7-5-11/h4-9,14,16H,3,10H2,1-2H3. The Labute approximate surface area is 122 Å². The molecule has 0 spiro atoms. The van der Waals surface area contributed by atoms with E-state index in [0.717, 1.165) is 18.7 Å². The Morgan fingerprint density at radius 2 is 2.00 bits per heavy atom. The number of rotatable bonds is 5. The number of nitrogens with zero attached hydrogens (tertiary/aromatic N) is 2. The summed E-state index contributed by atoms with van der Waals surface area (Å²) in [4.78, 5) is 0. The summed E-state index contributed by atoms with van der Waals surface area (Å²) >= 11 is 2.33. The summed E-state index contributed by atoms with van der Waals surface area (Å²) in [5.41, 5.74) is 2.45. The Hall–Kier alpha value is -0.880. The first kappa shape index (κ1) is 13.5. The van der Waals surface area contributed by atoms with Gasteiger partial charge in [0, 0.05) is 16.8 Å². The summed E-state index contributed by atoms with van der Waals surface area (Å²) in [5.74, 6) is 0. The third kappa shape index (κ3) is 3.55. The Balaban J connectivity index is 2.13. The summed E-state index contributed by atoms with van der Waals surface area (Å²) in [6.07, 6.45) is 2.97. The zero-order valence-electron chi connectivity index (χ0n) is 10.7. The van der Waals surface area contributed by atoms with Crippen LogP contribution in [0.3, 0.4) is 0 Å². The van der Waals surface area contributed by atoms with Crippen LogP contribution in [0.25, 0.3) is 0 Å². The molecule has 2 aromatic rings. The van der Waals surface area contributed by atoms with Crippen LogP contribution in [0.2, 0.25) is 0 Å². The second-order valence-electron chi connectivity index (χ2n) is 4.36. The number of benzene rings is 1. The minimum Gasteiger partial charge on any atom is -0.309 e. The van der Waals surface area contributed by atoms with Crippen LogP contribution in [-0.2, 0) is 13.5 Å². The summed E-state index contributed by atoms with van der Waals surface area (Å²) < 4.78 is 3.13. The van der Waals surface area contributed by atoms with Crippen molar-refractivity contribution < 1.29 is 0 Å². The zero-order chi connectivity index (χ0) is 13.0. The molecule has 2 rings (SSSR count). The molecule has 1 heterocycles. The molecule has 0 radical (unpaired) electrons. The second kappa shape index (κ2) is 6.33. The lowest BCUT2D eigenvalue weighted by Gasteiger charge is -2.15. The van der Waals surface area contributed by atoms with Gasteiger partial charge in [-0.2, -0.15) is 5.10 Å². The van der Waals surface area contributed by atoms with Crippen LogP contribution >= 0.6 is 22.6 Å². The maximum absolute atomic E-state index is 4.50. The molecule has 0 fully saturated rings. The lowest BCUT2D eigenvalue weighted by Crippen LogP contribution is -2.23. The highest BCUT2D eigenvalue weighted by atomic mass is 127. The van der Waals surface area contributed by atoms with Gasteiger partial charge in [0.05, 0.1) is 11.7 Å². The van der Waals surface area contributed by atoms with E-state index in [1.54, 1.807) is 0 Å². The smallest absolute Gasteiger partial charge is 0.0797 e. The summed E-state index contributed by atoms with van der Waals surface area (Å²) in [6, 6.07) is 11.1. The molecule has 0 aliphatic heterocycles. The van der Waals surface area contributed by atoms with Crippen LogP contribution in [0, 0.1) is 3.57 Å². The van der Waals surface area contributed by atoms with Gasteiger partial charge in [0.15, 0.2) is 0 Å². The lowest BCUT2D eigenvalue weighted by atomic mass is 10.0. The van der Waals surface area contributed by atoms with Crippen LogP contribution in [0.5, 0.6) is 0 Å². The van der Waals surface area contributed by atoms with Gasteiger partial charge < -0.3 is 5.32 Å². The van der Waals surface area contributed by atoms with Crippen LogP contribution in [0.15, 0.2) is 36.5 Å². The van der Waals surface area contributed by atoms with E-state index in [2.05, 4.69) is 70.3 Å². The fourth-order valence-electron chi connectivity index (χ4n) is 2.00. The third-order valence-electron chi connectivity index (χ3n) is 2.89. The van der Waals surface area contributed by atoms with Gasteiger partial charge in [0.25, 0.3) is 0 Å². The minimum atomic E-state index is 0.288. The number of hydrogen-bond acceptors (Lipinski definition) is 2. The molecule has 18 heavy (non-hydrogen) atoms. The molecule has 0 aliphatic rings. The molecule has 1 N–H and O–H groups in total. The average Bonchev–Trinajstić information content (AvgIpc) is 2.78. The van der Waals surface area contributed by atoms with Crippen molar-refractivity contribution in [3.05, 3.63) is 51.4 Å². The number of aryl methyl sites for hydroxylation is 1. The van der Waals surface area contributed by atoms with Crippen molar-refractivity contribution in [2.45, 2.75) is 19.4 Å². The average molecular weight is 355 g/mol. The Bertz CT molecular complexity index is 490. The largest absolute Gasteiger partial charge is 0.309 e. The lowest BCUT2D eigenvalue weighted by molar-refractivity contribution is 0.528. The van der Waals surface area contributed by atoms with E-state index < -0.39 is 0 Å². The highest BCUT2D eigenvalue weighted by Gasteiger charge is 2.13. The van der Waals surface area contributed by atoms with Crippen molar-refractivity contribution in [2.24, 2.45) is 7.05 Å². The number of nitrogens with one attached hydrogen (secondary N) is 1. The molecule has 1 atom stereocenters. The van der Waals surface area contributed by atoms with Gasteiger partial charge in [-0.05, 0) is 59.3 Å². The SMILES string of the molecule is CCNC(Cc1ccc(I)cc1)c1ccn(C)n1. The van der Waals surface area contributed by atoms with Gasteiger partial charge in [-0.3, -0.25) is 4.68 Å². The maximum atomic E-state index is 4.50. The molecule has 1 aromatic carbocycles. The normalized spacial score (nSPS) is 12.6. The quantitative estimate of drug-likeness (QED) is 0.836. The number of aromatic nitrogens is 2. The molecule has 0 bridgehead atoms. The molecule has 3 nitrogen and oxygen atoms in total. The van der Waals surface area contributed by atoms with E-state index in [0.29, 0.717) is 0 Å². The molecule has 0 amide bonds. The molecule has 0 saturated carbocycles. The van der Waals surface area contributed by atoms with Crippen molar-refractivity contribution in [1.29, 1.82) is 0 Å². The first-order chi connectivity index (χ1) is 8.69. The van der Waals surface area contributed by atoms with E-state index in [1.165, 1.54) is 9.13 Å². The molecular weight excluding hydrogens is 337 g/mol. The van der Waals surface area contributed by atoms with Gasteiger partial charge in [0.2, 0.25) is 0 Å². The fourth-order valence-corrected chi connectivity index (χ4v) is 2.36. The van der Waals surface area contributed by atoms with Crippen molar-refractivity contribution in [1.82, 2.24) is 15.1 Å². The first-order valence-electron chi connectivity index (χ1n) is 6.16. The predicted molar refractivity (Wildman–Crippen MR) is 82.5 cm³/mol. The van der Waals surface area contributed by atoms with Crippen LogP contribution < -0.4 is 5.32 Å². The Kier molecular flexibility index (Phi) is 4.77. The number of halogens is 1. The van der Waals surface area contributed by atoms with Crippen molar-refractivity contribution in [3.8, 4) is 0 Å². The van der Waals surface area contributed by atoms with Gasteiger partial charge in [-0.15, -0.1) is 0 Å². The van der Waals surface area contributed by atoms with Crippen molar-refractivity contribution in [3.63, 3.8) is 0 Å². The van der Waals surface area contributed by atoms with E-state index in [1.807, 2.05) is 17.9 Å². The van der Waals surface area contributed by atoms with Crippen molar-refractivity contribution in [2.75, 3.05) is 6.54 Å². The summed E-state index contributed by atoms with van der Waals surface area (Å²) in [7, 11) is 1.96. The molecule has 1 unspecified atom stereocenters. The van der Waals surface area contributed by atoms with Gasteiger partial charge in [0.1, 0.15) is 0 Å². The van der Waals surface area contributed by atoms with E-state index >= 15 is 0 Å². The molecular formula is C14H18IN3. The van der Waals surface area contributed by atoms with Crippen molar-refractivity contribution >= 4 is 22.6 Å². The summed E-state index contributed by atoms with van der Waals surface area (Å²) in [6.45, 7) is 3.08. The molecule has 1 aromatic heterocycles. The van der Waals surface area contributed by atoms with Gasteiger partial charge in [-0.25, -0.2) is 0 Å². The predicted octanol–water partition coefficient (Wildman–Crippen LogP) is 2.92. The fraction of sp³-hybridized carbons (Fsp3) is 0.357. The molecule has 0 saturated heterocycles. The van der Waals surface area contributed by atoms with E-state index in [-0.39, 0.29) is 6.04 Å². The maximum Gasteiger partial charge on any atom is 0.0797 e. The topological polar surface area (TPSA) is 29.9 Å². The zero-order valence-corrected chi connectivity index (χ0v) is 12.9. The van der Waals surface area contributed by atoms with Crippen LogP contribution in [0.1, 0.15) is 24.2 Å². The first-order valence-corrected chi connectivity index (χ1v) is 7.24. The van der Waals surface area contributed by atoms with E-state index in [9.17, 15) is 0 Å². The Morgan fingerprint density at radius 1 is 1.28 bits per heavy atom. The Morgan fingerprint density at radius 3 is 2.56 bits per heavy atom. The third-order valence-corrected chi connectivity index (χ3v) is 3.61. The highest BCUT2D eigenvalue weighted by Crippen LogP contribution is 2.17.